The Balaban J connectivity index is 1.20. The number of allylic oxidation sites excluding steroid dienone is 8. The lowest BCUT2D eigenvalue weighted by Gasteiger charge is -2.20. The molecule has 0 bridgehead atoms. The van der Waals surface area contributed by atoms with Crippen molar-refractivity contribution in [3.8, 4) is 22.3 Å². The molecule has 0 aliphatic heterocycles. The van der Waals surface area contributed by atoms with Gasteiger partial charge in [-0.3, -0.25) is 0 Å². The summed E-state index contributed by atoms with van der Waals surface area (Å²) in [5.41, 5.74) is 10.2. The highest BCUT2D eigenvalue weighted by Gasteiger charge is 2.19. The maximum atomic E-state index is 2.48. The molecule has 0 spiro atoms. The number of hydrogen-bond acceptors (Lipinski definition) is 0. The molecule has 0 saturated carbocycles. The van der Waals surface area contributed by atoms with Gasteiger partial charge in [-0.1, -0.05) is 127 Å². The third kappa shape index (κ3) is 4.38. The molecule has 0 amide bonds. The van der Waals surface area contributed by atoms with Gasteiger partial charge in [0.1, 0.15) is 0 Å². The van der Waals surface area contributed by atoms with Gasteiger partial charge in [-0.2, -0.15) is 0 Å². The molecule has 1 aromatic heterocycles. The van der Waals surface area contributed by atoms with Crippen molar-refractivity contribution in [2.45, 2.75) is 19.3 Å². The van der Waals surface area contributed by atoms with Crippen LogP contribution < -0.4 is 0 Å². The van der Waals surface area contributed by atoms with Crippen molar-refractivity contribution in [3.63, 3.8) is 0 Å². The molecule has 0 N–H and O–H groups in total. The Bertz CT molecular complexity index is 2390. The Labute approximate surface area is 263 Å². The predicted octanol–water partition coefficient (Wildman–Crippen LogP) is 12.1. The van der Waals surface area contributed by atoms with Crippen molar-refractivity contribution >= 4 is 49.0 Å². The average Bonchev–Trinajstić information content (AvgIpc) is 3.46. The smallest absolute Gasteiger partial charge is 0.0547 e. The zero-order valence-corrected chi connectivity index (χ0v) is 25.2. The highest BCUT2D eigenvalue weighted by molar-refractivity contribution is 6.22. The summed E-state index contributed by atoms with van der Waals surface area (Å²) in [5.74, 6) is 0.459. The van der Waals surface area contributed by atoms with E-state index in [9.17, 15) is 0 Å². The number of rotatable bonds is 4. The van der Waals surface area contributed by atoms with E-state index < -0.39 is 0 Å². The van der Waals surface area contributed by atoms with Gasteiger partial charge in [0.2, 0.25) is 0 Å². The van der Waals surface area contributed by atoms with Crippen LogP contribution in [0.4, 0.5) is 0 Å². The van der Waals surface area contributed by atoms with E-state index in [0.717, 1.165) is 19.3 Å². The minimum atomic E-state index is 0.459. The van der Waals surface area contributed by atoms with Crippen molar-refractivity contribution in [1.29, 1.82) is 0 Å². The first-order valence-electron chi connectivity index (χ1n) is 16.1. The fraction of sp³-hybridized carbons (Fsp3) is 0.0909. The van der Waals surface area contributed by atoms with Crippen molar-refractivity contribution in [1.82, 2.24) is 4.57 Å². The van der Waals surface area contributed by atoms with E-state index in [4.69, 9.17) is 0 Å². The zero-order valence-electron chi connectivity index (χ0n) is 25.2. The van der Waals surface area contributed by atoms with Crippen molar-refractivity contribution in [2.75, 3.05) is 0 Å². The molecule has 0 saturated heterocycles. The first-order chi connectivity index (χ1) is 22.3. The molecule has 9 rings (SSSR count). The van der Waals surface area contributed by atoms with E-state index >= 15 is 0 Å². The monoisotopic (exact) mass is 575 g/mol. The lowest BCUT2D eigenvalue weighted by molar-refractivity contribution is 0.769. The molecule has 2 aliphatic rings. The largest absolute Gasteiger partial charge is 0.310 e. The Kier molecular flexibility index (Phi) is 6.16. The molecule has 0 radical (unpaired) electrons. The Morgan fingerprint density at radius 1 is 0.533 bits per heavy atom. The van der Waals surface area contributed by atoms with Crippen LogP contribution in [0.15, 0.2) is 163 Å². The summed E-state index contributed by atoms with van der Waals surface area (Å²) in [4.78, 5) is 0. The second-order valence-corrected chi connectivity index (χ2v) is 12.4. The highest BCUT2D eigenvalue weighted by atomic mass is 15.0. The summed E-state index contributed by atoms with van der Waals surface area (Å²) in [5, 5.41) is 7.75. The Hall–Kier alpha value is -5.40. The summed E-state index contributed by atoms with van der Waals surface area (Å²) >= 11 is 0. The van der Waals surface area contributed by atoms with Crippen LogP contribution >= 0.6 is 0 Å². The van der Waals surface area contributed by atoms with Gasteiger partial charge in [-0.05, 0) is 99.0 Å². The molecule has 7 aromatic rings. The Morgan fingerprint density at radius 3 is 2.22 bits per heavy atom. The van der Waals surface area contributed by atoms with E-state index in [0.29, 0.717) is 5.92 Å². The maximum Gasteiger partial charge on any atom is 0.0547 e. The van der Waals surface area contributed by atoms with Gasteiger partial charge in [0.25, 0.3) is 0 Å². The molecule has 45 heavy (non-hydrogen) atoms. The molecular weight excluding hydrogens is 542 g/mol. The predicted molar refractivity (Wildman–Crippen MR) is 193 cm³/mol. The van der Waals surface area contributed by atoms with Crippen LogP contribution in [0.25, 0.3) is 71.3 Å². The lowest BCUT2D eigenvalue weighted by atomic mass is 9.88. The SMILES string of the molecule is C1=CC(C2C=CC(n3c4ccc(-c5ccc6c(-c7ccccc7)cccc6c5)cc4c4c5ccccc5ccc43)=CC2)=CCC1. The summed E-state index contributed by atoms with van der Waals surface area (Å²) in [6.45, 7) is 0. The first kappa shape index (κ1) is 26.0. The summed E-state index contributed by atoms with van der Waals surface area (Å²) < 4.78 is 2.48. The highest BCUT2D eigenvalue weighted by Crippen LogP contribution is 2.41. The van der Waals surface area contributed by atoms with Crippen LogP contribution in [0.5, 0.6) is 0 Å². The average molecular weight is 576 g/mol. The van der Waals surface area contributed by atoms with Crippen molar-refractivity contribution in [3.05, 3.63) is 163 Å². The minimum Gasteiger partial charge on any atom is -0.310 e. The molecule has 1 nitrogen and oxygen atoms in total. The third-order valence-corrected chi connectivity index (χ3v) is 9.74. The van der Waals surface area contributed by atoms with Crippen LogP contribution in [0.3, 0.4) is 0 Å². The van der Waals surface area contributed by atoms with Gasteiger partial charge in [-0.25, -0.2) is 0 Å². The number of hydrogen-bond donors (Lipinski definition) is 0. The molecule has 1 atom stereocenters. The standard InChI is InChI=1S/C44H33N/c1-3-10-30(11-4-1)31-18-23-37(24-19-31)45-42-26-22-35(29-41(42)44-40-16-8-7-14-33(40)21-27-43(44)45)34-20-25-39-36(28-34)15-9-17-38(39)32-12-5-2-6-13-32/h2-3,5-18,20-29,31H,1,4,19H2. The van der Waals surface area contributed by atoms with E-state index in [1.165, 1.54) is 76.9 Å². The molecule has 1 heterocycles. The normalized spacial score (nSPS) is 16.5. The third-order valence-electron chi connectivity index (χ3n) is 9.74. The van der Waals surface area contributed by atoms with Crippen LogP contribution in [-0.2, 0) is 0 Å². The first-order valence-corrected chi connectivity index (χ1v) is 16.1. The van der Waals surface area contributed by atoms with E-state index in [1.54, 1.807) is 0 Å². The van der Waals surface area contributed by atoms with Gasteiger partial charge < -0.3 is 4.57 Å². The number of benzene rings is 6. The van der Waals surface area contributed by atoms with Gasteiger partial charge in [-0.15, -0.1) is 0 Å². The molecule has 214 valence electrons. The molecule has 1 unspecified atom stereocenters. The van der Waals surface area contributed by atoms with Gasteiger partial charge >= 0.3 is 0 Å². The van der Waals surface area contributed by atoms with Gasteiger partial charge in [0.15, 0.2) is 0 Å². The van der Waals surface area contributed by atoms with Crippen LogP contribution in [0.1, 0.15) is 19.3 Å². The van der Waals surface area contributed by atoms with Crippen LogP contribution in [-0.4, -0.2) is 4.57 Å². The van der Waals surface area contributed by atoms with Gasteiger partial charge in [0, 0.05) is 22.4 Å². The summed E-state index contributed by atoms with van der Waals surface area (Å²) in [6, 6.07) is 44.7. The second-order valence-electron chi connectivity index (χ2n) is 12.4. The minimum absolute atomic E-state index is 0.459. The second kappa shape index (κ2) is 10.6. The fourth-order valence-electron chi connectivity index (χ4n) is 7.51. The fourth-order valence-corrected chi connectivity index (χ4v) is 7.51. The van der Waals surface area contributed by atoms with E-state index in [1.807, 2.05) is 0 Å². The molecule has 2 aliphatic carbocycles. The number of aromatic nitrogens is 1. The topological polar surface area (TPSA) is 4.93 Å². The zero-order chi connectivity index (χ0) is 29.7. The molecule has 6 aromatic carbocycles. The Morgan fingerprint density at radius 2 is 1.36 bits per heavy atom. The van der Waals surface area contributed by atoms with Crippen molar-refractivity contribution < 1.29 is 0 Å². The summed E-state index contributed by atoms with van der Waals surface area (Å²) in [6.07, 6.45) is 17.6. The maximum absolute atomic E-state index is 2.48. The van der Waals surface area contributed by atoms with Gasteiger partial charge in [0.05, 0.1) is 11.0 Å². The van der Waals surface area contributed by atoms with E-state index in [2.05, 4.69) is 162 Å². The van der Waals surface area contributed by atoms with Crippen LogP contribution in [0.2, 0.25) is 0 Å². The lowest BCUT2D eigenvalue weighted by Crippen LogP contribution is -2.06. The number of nitrogens with zero attached hydrogens (tertiary/aromatic N) is 1. The van der Waals surface area contributed by atoms with Crippen LogP contribution in [0, 0.1) is 5.92 Å². The molecule has 0 fully saturated rings. The molecule has 1 heteroatoms. The summed E-state index contributed by atoms with van der Waals surface area (Å²) in [7, 11) is 0. The van der Waals surface area contributed by atoms with E-state index in [-0.39, 0.29) is 0 Å². The number of fused-ring (bicyclic) bond motifs is 6. The molecular formula is C44H33N. The quantitative estimate of drug-likeness (QED) is 0.197. The van der Waals surface area contributed by atoms with Crippen molar-refractivity contribution in [2.24, 2.45) is 5.92 Å².